The molecular weight excluding hydrogens is 234 g/mol. The fourth-order valence-electron chi connectivity index (χ4n) is 2.46. The molecule has 0 radical (unpaired) electrons. The Labute approximate surface area is 103 Å². The van der Waals surface area contributed by atoms with Crippen LogP contribution >= 0.6 is 22.7 Å². The van der Waals surface area contributed by atoms with Crippen molar-refractivity contribution in [2.45, 2.75) is 27.7 Å². The topological polar surface area (TPSA) is 4.93 Å². The van der Waals surface area contributed by atoms with Crippen LogP contribution in [0, 0.1) is 27.7 Å². The molecular formula is C13H15NS2. The van der Waals surface area contributed by atoms with Crippen LogP contribution in [0.1, 0.15) is 20.9 Å². The van der Waals surface area contributed by atoms with Crippen molar-refractivity contribution in [3.63, 3.8) is 0 Å². The van der Waals surface area contributed by atoms with Crippen LogP contribution in [0.5, 0.6) is 0 Å². The Morgan fingerprint density at radius 2 is 1.12 bits per heavy atom. The molecule has 0 unspecified atom stereocenters. The summed E-state index contributed by atoms with van der Waals surface area (Å²) in [6.07, 6.45) is 0. The molecule has 0 amide bonds. The molecule has 84 valence electrons. The predicted octanol–water partition coefficient (Wildman–Crippen LogP) is 4.69. The summed E-state index contributed by atoms with van der Waals surface area (Å²) in [6.45, 7) is 8.91. The summed E-state index contributed by atoms with van der Waals surface area (Å²) in [7, 11) is 2.20. The average molecular weight is 249 g/mol. The SMILES string of the molecule is Cc1sc2c3sc(C)c(C)c3n(C)c2c1C. The number of thiophene rings is 2. The number of hydrogen-bond acceptors (Lipinski definition) is 2. The van der Waals surface area contributed by atoms with Crippen molar-refractivity contribution in [2.75, 3.05) is 0 Å². The molecule has 0 fully saturated rings. The first-order valence-electron chi connectivity index (χ1n) is 5.46. The molecule has 0 spiro atoms. The summed E-state index contributed by atoms with van der Waals surface area (Å²) in [5, 5.41) is 0. The van der Waals surface area contributed by atoms with Crippen molar-refractivity contribution in [1.82, 2.24) is 4.57 Å². The van der Waals surface area contributed by atoms with E-state index in [0.29, 0.717) is 0 Å². The maximum atomic E-state index is 2.38. The number of aryl methyl sites for hydroxylation is 5. The van der Waals surface area contributed by atoms with Crippen molar-refractivity contribution in [1.29, 1.82) is 0 Å². The van der Waals surface area contributed by atoms with Gasteiger partial charge < -0.3 is 4.57 Å². The lowest BCUT2D eigenvalue weighted by Crippen LogP contribution is -1.89. The van der Waals surface area contributed by atoms with Crippen LogP contribution in [0.3, 0.4) is 0 Å². The van der Waals surface area contributed by atoms with Crippen LogP contribution in [0.4, 0.5) is 0 Å². The third-order valence-electron chi connectivity index (χ3n) is 3.58. The Morgan fingerprint density at radius 3 is 1.50 bits per heavy atom. The van der Waals surface area contributed by atoms with Crippen molar-refractivity contribution >= 4 is 43.1 Å². The Hall–Kier alpha value is -0.800. The second kappa shape index (κ2) is 3.11. The van der Waals surface area contributed by atoms with E-state index in [2.05, 4.69) is 39.3 Å². The Balaban J connectivity index is 2.65. The number of rotatable bonds is 0. The average Bonchev–Trinajstić information content (AvgIpc) is 2.76. The van der Waals surface area contributed by atoms with Crippen molar-refractivity contribution in [2.24, 2.45) is 7.05 Å². The molecule has 0 N–H and O–H groups in total. The lowest BCUT2D eigenvalue weighted by Gasteiger charge is -1.99. The molecule has 0 bridgehead atoms. The van der Waals surface area contributed by atoms with Crippen molar-refractivity contribution in [3.8, 4) is 0 Å². The summed E-state index contributed by atoms with van der Waals surface area (Å²) in [5.74, 6) is 0. The molecule has 0 aromatic carbocycles. The standard InChI is InChI=1S/C13H15NS2/c1-6-8(3)15-12-10(6)14(5)11-7(2)9(4)16-13(11)12/h1-5H3. The lowest BCUT2D eigenvalue weighted by atomic mass is 10.3. The van der Waals surface area contributed by atoms with E-state index in [9.17, 15) is 0 Å². The molecule has 3 heterocycles. The van der Waals surface area contributed by atoms with Crippen molar-refractivity contribution in [3.05, 3.63) is 20.9 Å². The zero-order valence-electron chi connectivity index (χ0n) is 10.3. The molecule has 0 saturated heterocycles. The molecule has 1 nitrogen and oxygen atoms in total. The molecule has 0 aliphatic heterocycles. The third kappa shape index (κ3) is 1.05. The largest absolute Gasteiger partial charge is 0.342 e. The summed E-state index contributed by atoms with van der Waals surface area (Å²) < 4.78 is 5.34. The van der Waals surface area contributed by atoms with Gasteiger partial charge in [-0.25, -0.2) is 0 Å². The summed E-state index contributed by atoms with van der Waals surface area (Å²) in [5.41, 5.74) is 5.77. The van der Waals surface area contributed by atoms with Crippen LogP contribution in [-0.4, -0.2) is 4.57 Å². The highest BCUT2D eigenvalue weighted by Gasteiger charge is 2.18. The second-order valence-electron chi connectivity index (χ2n) is 4.48. The Morgan fingerprint density at radius 1 is 0.750 bits per heavy atom. The van der Waals surface area contributed by atoms with E-state index in [0.717, 1.165) is 0 Å². The molecule has 3 aromatic rings. The predicted molar refractivity (Wildman–Crippen MR) is 75.1 cm³/mol. The molecule has 0 saturated carbocycles. The van der Waals surface area contributed by atoms with Gasteiger partial charge in [0.05, 0.1) is 20.4 Å². The molecule has 0 aliphatic rings. The first-order valence-corrected chi connectivity index (χ1v) is 7.09. The van der Waals surface area contributed by atoms with E-state index in [4.69, 9.17) is 0 Å². The monoisotopic (exact) mass is 249 g/mol. The van der Waals surface area contributed by atoms with Gasteiger partial charge in [0.15, 0.2) is 0 Å². The molecule has 0 aliphatic carbocycles. The van der Waals surface area contributed by atoms with Crippen LogP contribution in [0.25, 0.3) is 20.4 Å². The smallest absolute Gasteiger partial charge is 0.0706 e. The maximum Gasteiger partial charge on any atom is 0.0706 e. The summed E-state index contributed by atoms with van der Waals surface area (Å²) in [6, 6.07) is 0. The van der Waals surface area contributed by atoms with Crippen LogP contribution in [0.2, 0.25) is 0 Å². The third-order valence-corrected chi connectivity index (χ3v) is 6.14. The number of fused-ring (bicyclic) bond motifs is 3. The zero-order chi connectivity index (χ0) is 11.6. The van der Waals surface area contributed by atoms with Gasteiger partial charge in [-0.15, -0.1) is 22.7 Å². The number of aromatic nitrogens is 1. The second-order valence-corrected chi connectivity index (χ2v) is 6.93. The van der Waals surface area contributed by atoms with Crippen molar-refractivity contribution < 1.29 is 0 Å². The van der Waals surface area contributed by atoms with E-state index >= 15 is 0 Å². The quantitative estimate of drug-likeness (QED) is 0.545. The minimum atomic E-state index is 1.44. The van der Waals surface area contributed by atoms with E-state index in [1.54, 1.807) is 0 Å². The highest BCUT2D eigenvalue weighted by Crippen LogP contribution is 2.43. The first-order chi connectivity index (χ1) is 7.52. The van der Waals surface area contributed by atoms with Crippen LogP contribution in [-0.2, 0) is 7.05 Å². The Bertz CT molecular complexity index is 650. The van der Waals surface area contributed by atoms with E-state index in [-0.39, 0.29) is 0 Å². The van der Waals surface area contributed by atoms with Crippen LogP contribution in [0.15, 0.2) is 0 Å². The van der Waals surface area contributed by atoms with E-state index in [1.807, 2.05) is 22.7 Å². The van der Waals surface area contributed by atoms with Gasteiger partial charge in [0, 0.05) is 16.8 Å². The molecule has 3 rings (SSSR count). The van der Waals surface area contributed by atoms with Gasteiger partial charge in [-0.1, -0.05) is 0 Å². The molecule has 0 atom stereocenters. The van der Waals surface area contributed by atoms with Gasteiger partial charge in [-0.2, -0.15) is 0 Å². The Kier molecular flexibility index (Phi) is 2.01. The van der Waals surface area contributed by atoms with Gasteiger partial charge in [-0.05, 0) is 38.8 Å². The fourth-order valence-corrected chi connectivity index (χ4v) is 4.97. The van der Waals surface area contributed by atoms with E-state index in [1.165, 1.54) is 41.3 Å². The fraction of sp³-hybridized carbons (Fsp3) is 0.385. The number of hydrogen-bond donors (Lipinski definition) is 0. The minimum Gasteiger partial charge on any atom is -0.342 e. The summed E-state index contributed by atoms with van der Waals surface area (Å²) >= 11 is 3.88. The summed E-state index contributed by atoms with van der Waals surface area (Å²) in [4.78, 5) is 2.90. The first kappa shape index (κ1) is 10.4. The number of nitrogens with zero attached hydrogens (tertiary/aromatic N) is 1. The van der Waals surface area contributed by atoms with Crippen LogP contribution < -0.4 is 0 Å². The zero-order valence-corrected chi connectivity index (χ0v) is 11.9. The van der Waals surface area contributed by atoms with Gasteiger partial charge in [-0.3, -0.25) is 0 Å². The van der Waals surface area contributed by atoms with Gasteiger partial charge >= 0.3 is 0 Å². The van der Waals surface area contributed by atoms with Gasteiger partial charge in [0.2, 0.25) is 0 Å². The molecule has 3 aromatic heterocycles. The normalized spacial score (nSPS) is 12.1. The minimum absolute atomic E-state index is 1.44. The maximum absolute atomic E-state index is 2.38. The highest BCUT2D eigenvalue weighted by atomic mass is 32.1. The highest BCUT2D eigenvalue weighted by molar-refractivity contribution is 7.27. The lowest BCUT2D eigenvalue weighted by molar-refractivity contribution is 1.00. The van der Waals surface area contributed by atoms with Gasteiger partial charge in [0.1, 0.15) is 0 Å². The molecule has 3 heteroatoms. The molecule has 16 heavy (non-hydrogen) atoms. The van der Waals surface area contributed by atoms with E-state index < -0.39 is 0 Å². The van der Waals surface area contributed by atoms with Gasteiger partial charge in [0.25, 0.3) is 0 Å².